The fraction of sp³-hybridized carbons (Fsp3) is 0.600. The van der Waals surface area contributed by atoms with Crippen LogP contribution in [-0.4, -0.2) is 12.5 Å². The fourth-order valence-corrected chi connectivity index (χ4v) is 0.297. The molecule has 0 aromatic heterocycles. The summed E-state index contributed by atoms with van der Waals surface area (Å²) in [6.07, 6.45) is 2.08. The molecule has 1 atom stereocenters. The van der Waals surface area contributed by atoms with Gasteiger partial charge in [-0.3, -0.25) is 4.79 Å². The lowest BCUT2D eigenvalue weighted by Gasteiger charge is -1.98. The van der Waals surface area contributed by atoms with E-state index in [1.165, 1.54) is 6.41 Å². The minimum absolute atomic E-state index is 0.368. The molecule has 8 heavy (non-hydrogen) atoms. The van der Waals surface area contributed by atoms with E-state index in [-0.39, 0.29) is 6.04 Å². The smallest absolute Gasteiger partial charge is 0.310 e. The maximum Gasteiger partial charge on any atom is 0.310 e. The molecule has 0 aromatic carbocycles. The number of nitrogens with zero attached hydrogens (tertiary/aromatic N) is 1. The molecule has 0 fully saturated rings. The van der Waals surface area contributed by atoms with Crippen molar-refractivity contribution in [2.75, 3.05) is 0 Å². The number of nitriles is 1. The van der Waals surface area contributed by atoms with Gasteiger partial charge >= 0.3 is 6.41 Å². The van der Waals surface area contributed by atoms with Gasteiger partial charge in [0.05, 0.1) is 6.07 Å². The van der Waals surface area contributed by atoms with E-state index in [0.29, 0.717) is 6.42 Å². The molecule has 0 saturated carbocycles. The molecule has 43 valence electrons. The van der Waals surface area contributed by atoms with Crippen LogP contribution in [0.3, 0.4) is 0 Å². The molecule has 0 aromatic rings. The van der Waals surface area contributed by atoms with Crippen LogP contribution in [0.25, 0.3) is 0 Å². The van der Waals surface area contributed by atoms with Crippen molar-refractivity contribution in [1.29, 1.82) is 5.26 Å². The molecule has 1 amide bonds. The van der Waals surface area contributed by atoms with Crippen molar-refractivity contribution in [3.8, 4) is 6.07 Å². The van der Waals surface area contributed by atoms with Crippen molar-refractivity contribution >= 4 is 6.41 Å². The van der Waals surface area contributed by atoms with Crippen LogP contribution in [0.2, 0.25) is 0 Å². The molecule has 0 rings (SSSR count). The average molecular weight is 111 g/mol. The van der Waals surface area contributed by atoms with Gasteiger partial charge in [-0.05, 0) is 6.42 Å². The third-order valence-electron chi connectivity index (χ3n) is 0.797. The van der Waals surface area contributed by atoms with Gasteiger partial charge < -0.3 is 5.32 Å². The van der Waals surface area contributed by atoms with E-state index in [2.05, 4.69) is 5.32 Å². The van der Waals surface area contributed by atoms with Crippen LogP contribution in [0, 0.1) is 11.3 Å². The van der Waals surface area contributed by atoms with Gasteiger partial charge in [0, 0.05) is 0 Å². The van der Waals surface area contributed by atoms with Crippen molar-refractivity contribution in [3.63, 3.8) is 0 Å². The zero-order valence-corrected chi connectivity index (χ0v) is 4.64. The minimum Gasteiger partial charge on any atom is -0.332 e. The Balaban J connectivity index is 3.40. The monoisotopic (exact) mass is 111 g/mol. The van der Waals surface area contributed by atoms with Gasteiger partial charge in [-0.1, -0.05) is 6.92 Å². The number of hydrogen-bond acceptors (Lipinski definition) is 2. The normalized spacial score (nSPS) is 11.5. The molecular formula is C5H7N2O. The highest BCUT2D eigenvalue weighted by Crippen LogP contribution is 1.83. The Labute approximate surface area is 48.3 Å². The lowest BCUT2D eigenvalue weighted by atomic mass is 10.3. The van der Waals surface area contributed by atoms with E-state index in [4.69, 9.17) is 5.26 Å². The summed E-state index contributed by atoms with van der Waals surface area (Å²) in [7, 11) is 0. The first kappa shape index (κ1) is 6.96. The topological polar surface area (TPSA) is 52.9 Å². The van der Waals surface area contributed by atoms with Crippen LogP contribution in [-0.2, 0) is 4.79 Å². The van der Waals surface area contributed by atoms with Crippen molar-refractivity contribution in [3.05, 3.63) is 0 Å². The molecule has 0 bridgehead atoms. The summed E-state index contributed by atoms with van der Waals surface area (Å²) in [4.78, 5) is 9.55. The summed E-state index contributed by atoms with van der Waals surface area (Å²) in [5.41, 5.74) is 0. The van der Waals surface area contributed by atoms with E-state index in [1.54, 1.807) is 0 Å². The molecule has 1 radical (unpaired) electrons. The predicted octanol–water partition coefficient (Wildman–Crippen LogP) is -0.0546. The van der Waals surface area contributed by atoms with Gasteiger partial charge in [0.15, 0.2) is 0 Å². The Morgan fingerprint density at radius 2 is 2.50 bits per heavy atom. The van der Waals surface area contributed by atoms with E-state index in [9.17, 15) is 4.79 Å². The number of amides is 1. The molecule has 0 spiro atoms. The second-order valence-corrected chi connectivity index (χ2v) is 1.34. The van der Waals surface area contributed by atoms with Gasteiger partial charge in [0.1, 0.15) is 6.04 Å². The van der Waals surface area contributed by atoms with Gasteiger partial charge in [-0.2, -0.15) is 5.26 Å². The Kier molecular flexibility index (Phi) is 3.59. The second-order valence-electron chi connectivity index (χ2n) is 1.34. The standard InChI is InChI=1S/C5H7N2O/c1-2-5(3-6)7-4-8/h5H,2H2,1H3,(H,7,8). The molecule has 3 nitrogen and oxygen atoms in total. The maximum atomic E-state index is 9.55. The SMILES string of the molecule is CCC(C#N)N[C]=O. The first-order valence-corrected chi connectivity index (χ1v) is 2.37. The van der Waals surface area contributed by atoms with E-state index in [0.717, 1.165) is 0 Å². The van der Waals surface area contributed by atoms with E-state index >= 15 is 0 Å². The highest BCUT2D eigenvalue weighted by molar-refractivity contribution is 5.48. The Bertz CT molecular complexity index is 105. The van der Waals surface area contributed by atoms with Crippen LogP contribution >= 0.6 is 0 Å². The lowest BCUT2D eigenvalue weighted by Crippen LogP contribution is -2.24. The lowest BCUT2D eigenvalue weighted by molar-refractivity contribution is 0.532. The van der Waals surface area contributed by atoms with Crippen LogP contribution in [0.4, 0.5) is 0 Å². The van der Waals surface area contributed by atoms with Gasteiger partial charge in [-0.15, -0.1) is 0 Å². The van der Waals surface area contributed by atoms with E-state index in [1.807, 2.05) is 13.0 Å². The minimum atomic E-state index is -0.368. The van der Waals surface area contributed by atoms with Crippen LogP contribution in [0.15, 0.2) is 0 Å². The number of rotatable bonds is 3. The van der Waals surface area contributed by atoms with Crippen LogP contribution in [0.1, 0.15) is 13.3 Å². The summed E-state index contributed by atoms with van der Waals surface area (Å²) < 4.78 is 0. The molecular weight excluding hydrogens is 104 g/mol. The quantitative estimate of drug-likeness (QED) is 0.519. The zero-order valence-electron chi connectivity index (χ0n) is 4.64. The van der Waals surface area contributed by atoms with Crippen LogP contribution < -0.4 is 5.32 Å². The summed E-state index contributed by atoms with van der Waals surface area (Å²) in [6.45, 7) is 1.82. The molecule has 0 aliphatic rings. The summed E-state index contributed by atoms with van der Waals surface area (Å²) in [6, 6.07) is 1.51. The third-order valence-corrected chi connectivity index (χ3v) is 0.797. The number of nitrogens with one attached hydrogen (secondary N) is 1. The Morgan fingerprint density at radius 1 is 1.88 bits per heavy atom. The Hall–Kier alpha value is -1.04. The average Bonchev–Trinajstić information content (AvgIpc) is 1.83. The summed E-state index contributed by atoms with van der Waals surface area (Å²) in [5, 5.41) is 10.4. The van der Waals surface area contributed by atoms with Crippen molar-refractivity contribution in [2.45, 2.75) is 19.4 Å². The maximum absolute atomic E-state index is 9.55. The molecule has 3 heteroatoms. The van der Waals surface area contributed by atoms with Gasteiger partial charge in [0.25, 0.3) is 0 Å². The molecule has 1 unspecified atom stereocenters. The molecule has 0 aliphatic heterocycles. The molecule has 0 aliphatic carbocycles. The van der Waals surface area contributed by atoms with Gasteiger partial charge in [0.2, 0.25) is 0 Å². The second kappa shape index (κ2) is 4.13. The van der Waals surface area contributed by atoms with Crippen molar-refractivity contribution in [2.24, 2.45) is 0 Å². The van der Waals surface area contributed by atoms with Crippen LogP contribution in [0.5, 0.6) is 0 Å². The first-order valence-electron chi connectivity index (χ1n) is 2.37. The molecule has 1 N–H and O–H groups in total. The van der Waals surface area contributed by atoms with Gasteiger partial charge in [-0.25, -0.2) is 0 Å². The summed E-state index contributed by atoms with van der Waals surface area (Å²) >= 11 is 0. The van der Waals surface area contributed by atoms with Crippen molar-refractivity contribution in [1.82, 2.24) is 5.32 Å². The zero-order chi connectivity index (χ0) is 6.41. The van der Waals surface area contributed by atoms with Crippen molar-refractivity contribution < 1.29 is 4.79 Å². The number of carbonyl (C=O) groups excluding carboxylic acids is 1. The highest BCUT2D eigenvalue weighted by atomic mass is 16.1. The molecule has 0 saturated heterocycles. The fourth-order valence-electron chi connectivity index (χ4n) is 0.297. The van der Waals surface area contributed by atoms with E-state index < -0.39 is 0 Å². The molecule has 0 heterocycles. The highest BCUT2D eigenvalue weighted by Gasteiger charge is 1.98. The largest absolute Gasteiger partial charge is 0.332 e. The number of hydrogen-bond donors (Lipinski definition) is 1. The predicted molar refractivity (Wildman–Crippen MR) is 28.5 cm³/mol. The summed E-state index contributed by atoms with van der Waals surface area (Å²) in [5.74, 6) is 0. The Morgan fingerprint density at radius 3 is 2.62 bits per heavy atom. The third kappa shape index (κ3) is 2.19. The first-order chi connectivity index (χ1) is 3.85.